The van der Waals surface area contributed by atoms with Crippen molar-refractivity contribution in [3.05, 3.63) is 57.8 Å². The zero-order valence-electron chi connectivity index (χ0n) is 16.3. The second-order valence-electron chi connectivity index (χ2n) is 7.60. The van der Waals surface area contributed by atoms with Gasteiger partial charge in [0.25, 0.3) is 11.6 Å². The molecule has 0 spiro atoms. The zero-order chi connectivity index (χ0) is 20.1. The summed E-state index contributed by atoms with van der Waals surface area (Å²) in [6, 6.07) is 9.57. The third kappa shape index (κ3) is 2.83. The number of imidazole rings is 1. The van der Waals surface area contributed by atoms with Crippen LogP contribution in [0, 0.1) is 13.8 Å². The van der Waals surface area contributed by atoms with E-state index in [4.69, 9.17) is 4.52 Å². The molecule has 3 aromatic heterocycles. The molecule has 1 aromatic carbocycles. The number of benzene rings is 1. The minimum atomic E-state index is -0.0949. The molecule has 8 heteroatoms. The number of carbonyl (C=O) groups is 1. The molecule has 29 heavy (non-hydrogen) atoms. The molecule has 5 rings (SSSR count). The molecule has 0 radical (unpaired) electrons. The number of hydrogen-bond acceptors (Lipinski definition) is 5. The van der Waals surface area contributed by atoms with Gasteiger partial charge in [-0.3, -0.25) is 9.36 Å². The van der Waals surface area contributed by atoms with E-state index in [-0.39, 0.29) is 17.6 Å². The number of aromatic amines is 1. The van der Waals surface area contributed by atoms with Crippen molar-refractivity contribution in [3.63, 3.8) is 0 Å². The molecule has 8 nitrogen and oxygen atoms in total. The van der Waals surface area contributed by atoms with E-state index >= 15 is 0 Å². The van der Waals surface area contributed by atoms with E-state index in [9.17, 15) is 9.59 Å². The van der Waals surface area contributed by atoms with E-state index in [1.807, 2.05) is 47.6 Å². The minimum absolute atomic E-state index is 0.0449. The predicted molar refractivity (Wildman–Crippen MR) is 108 cm³/mol. The largest absolute Gasteiger partial charge is 0.338 e. The standard InChI is InChI=1S/C21H21N5O3/c1-12-11-15(18-13(2)24-29-19(18)22-12)20(27)25-9-7-14(8-10-25)26-17-6-4-3-5-16(17)23-21(26)28/h3-6,11,14H,7-10H2,1-2H3,(H,23,28). The average Bonchev–Trinajstić information content (AvgIpc) is 3.26. The summed E-state index contributed by atoms with van der Waals surface area (Å²) < 4.78 is 7.08. The number of carbonyl (C=O) groups excluding carboxylic acids is 1. The maximum Gasteiger partial charge on any atom is 0.326 e. The van der Waals surface area contributed by atoms with Gasteiger partial charge in [-0.2, -0.15) is 0 Å². The van der Waals surface area contributed by atoms with Crippen LogP contribution in [-0.4, -0.2) is 43.6 Å². The minimum Gasteiger partial charge on any atom is -0.338 e. The lowest BCUT2D eigenvalue weighted by atomic mass is 10.0. The van der Waals surface area contributed by atoms with Crippen LogP contribution in [0.1, 0.15) is 40.6 Å². The smallest absolute Gasteiger partial charge is 0.326 e. The van der Waals surface area contributed by atoms with Gasteiger partial charge in [0.05, 0.1) is 27.7 Å². The topological polar surface area (TPSA) is 97.0 Å². The highest BCUT2D eigenvalue weighted by Crippen LogP contribution is 2.28. The number of likely N-dealkylation sites (tertiary alicyclic amines) is 1. The molecular formula is C21H21N5O3. The molecule has 0 aliphatic carbocycles. The molecule has 1 aliphatic heterocycles. The number of fused-ring (bicyclic) bond motifs is 2. The van der Waals surface area contributed by atoms with Gasteiger partial charge in [0.1, 0.15) is 0 Å². The van der Waals surface area contributed by atoms with Crippen molar-refractivity contribution in [1.29, 1.82) is 0 Å². The lowest BCUT2D eigenvalue weighted by molar-refractivity contribution is 0.0696. The average molecular weight is 391 g/mol. The molecule has 1 fully saturated rings. The number of aryl methyl sites for hydroxylation is 2. The first-order chi connectivity index (χ1) is 14.0. The highest BCUT2D eigenvalue weighted by Gasteiger charge is 2.28. The summed E-state index contributed by atoms with van der Waals surface area (Å²) in [5, 5.41) is 4.64. The predicted octanol–water partition coefficient (Wildman–Crippen LogP) is 2.96. The number of piperidine rings is 1. The Bertz CT molecular complexity index is 1290. The molecule has 1 N–H and O–H groups in total. The van der Waals surface area contributed by atoms with E-state index in [1.54, 1.807) is 6.07 Å². The lowest BCUT2D eigenvalue weighted by Gasteiger charge is -2.32. The Morgan fingerprint density at radius 3 is 2.76 bits per heavy atom. The van der Waals surface area contributed by atoms with Crippen molar-refractivity contribution in [3.8, 4) is 0 Å². The molecule has 1 amide bonds. The van der Waals surface area contributed by atoms with Gasteiger partial charge in [0, 0.05) is 24.8 Å². The summed E-state index contributed by atoms with van der Waals surface area (Å²) in [6.07, 6.45) is 1.45. The second kappa shape index (κ2) is 6.58. The fourth-order valence-corrected chi connectivity index (χ4v) is 4.32. The number of aromatic nitrogens is 4. The summed E-state index contributed by atoms with van der Waals surface area (Å²) in [6.45, 7) is 4.82. The number of nitrogens with one attached hydrogen (secondary N) is 1. The Labute approximate surface area is 166 Å². The van der Waals surface area contributed by atoms with Gasteiger partial charge in [-0.15, -0.1) is 0 Å². The summed E-state index contributed by atoms with van der Waals surface area (Å²) >= 11 is 0. The van der Waals surface area contributed by atoms with Gasteiger partial charge in [-0.25, -0.2) is 9.78 Å². The van der Waals surface area contributed by atoms with E-state index in [1.165, 1.54) is 0 Å². The normalized spacial score (nSPS) is 15.4. The fraction of sp³-hybridized carbons (Fsp3) is 0.333. The highest BCUT2D eigenvalue weighted by molar-refractivity contribution is 6.06. The first-order valence-electron chi connectivity index (χ1n) is 9.75. The number of hydrogen-bond donors (Lipinski definition) is 1. The molecular weight excluding hydrogens is 370 g/mol. The van der Waals surface area contributed by atoms with Crippen molar-refractivity contribution in [2.24, 2.45) is 0 Å². The van der Waals surface area contributed by atoms with Crippen LogP contribution in [0.15, 0.2) is 39.6 Å². The Hall–Kier alpha value is -3.42. The van der Waals surface area contributed by atoms with E-state index in [0.717, 1.165) is 29.6 Å². The fourth-order valence-electron chi connectivity index (χ4n) is 4.32. The van der Waals surface area contributed by atoms with Crippen LogP contribution < -0.4 is 5.69 Å². The number of pyridine rings is 1. The van der Waals surface area contributed by atoms with Crippen molar-refractivity contribution in [2.45, 2.75) is 32.7 Å². The second-order valence-corrected chi connectivity index (χ2v) is 7.60. The summed E-state index contributed by atoms with van der Waals surface area (Å²) in [5.74, 6) is -0.0449. The quantitative estimate of drug-likeness (QED) is 0.567. The number of nitrogens with zero attached hydrogens (tertiary/aromatic N) is 4. The van der Waals surface area contributed by atoms with Gasteiger partial charge in [0.2, 0.25) is 0 Å². The molecule has 4 heterocycles. The first kappa shape index (κ1) is 17.7. The first-order valence-corrected chi connectivity index (χ1v) is 9.75. The number of H-pyrrole nitrogens is 1. The number of amides is 1. The SMILES string of the molecule is Cc1cc(C(=O)N2CCC(n3c(=O)[nH]c4ccccc43)CC2)c2c(C)noc2n1. The molecule has 0 unspecified atom stereocenters. The third-order valence-electron chi connectivity index (χ3n) is 5.72. The molecule has 4 aromatic rings. The maximum atomic E-state index is 13.2. The van der Waals surface area contributed by atoms with Gasteiger partial charge in [-0.1, -0.05) is 17.3 Å². The molecule has 0 saturated carbocycles. The third-order valence-corrected chi connectivity index (χ3v) is 5.72. The highest BCUT2D eigenvalue weighted by atomic mass is 16.5. The van der Waals surface area contributed by atoms with Crippen LogP contribution in [0.25, 0.3) is 22.1 Å². The van der Waals surface area contributed by atoms with Gasteiger partial charge < -0.3 is 14.4 Å². The summed E-state index contributed by atoms with van der Waals surface area (Å²) in [5.41, 5.74) is 4.01. The van der Waals surface area contributed by atoms with Crippen molar-refractivity contribution >= 4 is 28.0 Å². The number of rotatable bonds is 2. The Kier molecular flexibility index (Phi) is 4.01. The van der Waals surface area contributed by atoms with Gasteiger partial charge in [-0.05, 0) is 44.9 Å². The van der Waals surface area contributed by atoms with Crippen LogP contribution in [0.2, 0.25) is 0 Å². The van der Waals surface area contributed by atoms with Crippen LogP contribution in [0.4, 0.5) is 0 Å². The molecule has 148 valence electrons. The van der Waals surface area contributed by atoms with E-state index < -0.39 is 0 Å². The molecule has 1 saturated heterocycles. The Balaban J connectivity index is 1.41. The molecule has 1 aliphatic rings. The van der Waals surface area contributed by atoms with E-state index in [2.05, 4.69) is 15.1 Å². The van der Waals surface area contributed by atoms with Crippen molar-refractivity contribution in [1.82, 2.24) is 24.6 Å². The lowest BCUT2D eigenvalue weighted by Crippen LogP contribution is -2.40. The van der Waals surface area contributed by atoms with Crippen LogP contribution in [0.3, 0.4) is 0 Å². The van der Waals surface area contributed by atoms with Crippen LogP contribution in [0.5, 0.6) is 0 Å². The van der Waals surface area contributed by atoms with Crippen LogP contribution in [-0.2, 0) is 0 Å². The maximum absolute atomic E-state index is 13.2. The number of para-hydroxylation sites is 2. The Morgan fingerprint density at radius 1 is 1.21 bits per heavy atom. The monoisotopic (exact) mass is 391 g/mol. The van der Waals surface area contributed by atoms with Crippen molar-refractivity contribution in [2.75, 3.05) is 13.1 Å². The van der Waals surface area contributed by atoms with Gasteiger partial charge >= 0.3 is 5.69 Å². The van der Waals surface area contributed by atoms with Crippen LogP contribution >= 0.6 is 0 Å². The van der Waals surface area contributed by atoms with Crippen molar-refractivity contribution < 1.29 is 9.32 Å². The Morgan fingerprint density at radius 2 is 1.97 bits per heavy atom. The zero-order valence-corrected chi connectivity index (χ0v) is 16.3. The summed E-state index contributed by atoms with van der Waals surface area (Å²) in [4.78, 5) is 34.8. The van der Waals surface area contributed by atoms with Gasteiger partial charge in [0.15, 0.2) is 0 Å². The molecule has 0 atom stereocenters. The summed E-state index contributed by atoms with van der Waals surface area (Å²) in [7, 11) is 0. The van der Waals surface area contributed by atoms with E-state index in [0.29, 0.717) is 35.4 Å². The molecule has 0 bridgehead atoms.